The second-order valence-corrected chi connectivity index (χ2v) is 13.8. The predicted molar refractivity (Wildman–Crippen MR) is 126 cm³/mol. The van der Waals surface area contributed by atoms with Crippen molar-refractivity contribution in [2.75, 3.05) is 38.9 Å². The summed E-state index contributed by atoms with van der Waals surface area (Å²) in [5.74, 6) is 2.26. The Balaban J connectivity index is 2.07. The van der Waals surface area contributed by atoms with E-state index in [1.807, 2.05) is 12.1 Å². The Hall–Kier alpha value is -2.52. The Labute approximate surface area is 186 Å². The minimum Gasteiger partial charge on any atom is -0.493 e. The normalized spacial score (nSPS) is 12.0. The highest BCUT2D eigenvalue weighted by atomic mass is 28.4. The number of benzene rings is 1. The largest absolute Gasteiger partial charge is 0.493 e. The molecule has 1 aromatic heterocycles. The van der Waals surface area contributed by atoms with Crippen LogP contribution in [0.3, 0.4) is 0 Å². The summed E-state index contributed by atoms with van der Waals surface area (Å²) in [6.45, 7) is 12.4. The molecule has 0 atom stereocenters. The van der Waals surface area contributed by atoms with E-state index in [0.29, 0.717) is 42.7 Å². The van der Waals surface area contributed by atoms with Crippen LogP contribution in [0.15, 0.2) is 18.3 Å². The van der Waals surface area contributed by atoms with Gasteiger partial charge in [0.05, 0.1) is 20.8 Å². The van der Waals surface area contributed by atoms with Crippen molar-refractivity contribution in [3.05, 3.63) is 29.5 Å². The van der Waals surface area contributed by atoms with E-state index in [0.717, 1.165) is 17.5 Å². The van der Waals surface area contributed by atoms with Crippen molar-refractivity contribution in [3.8, 4) is 17.2 Å². The van der Waals surface area contributed by atoms with Gasteiger partial charge in [0.2, 0.25) is 11.7 Å². The number of hydrogen-bond acceptors (Lipinski definition) is 8. The van der Waals surface area contributed by atoms with E-state index in [1.54, 1.807) is 20.4 Å². The van der Waals surface area contributed by atoms with E-state index in [1.165, 1.54) is 0 Å². The van der Waals surface area contributed by atoms with Crippen molar-refractivity contribution in [3.63, 3.8) is 0 Å². The Morgan fingerprint density at radius 1 is 1.00 bits per heavy atom. The van der Waals surface area contributed by atoms with Gasteiger partial charge in [-0.2, -0.15) is 4.98 Å². The van der Waals surface area contributed by atoms with Crippen molar-refractivity contribution in [2.45, 2.75) is 51.7 Å². The van der Waals surface area contributed by atoms with Crippen LogP contribution < -0.4 is 25.7 Å². The molecule has 0 amide bonds. The second-order valence-electron chi connectivity index (χ2n) is 8.96. The molecule has 8 nitrogen and oxygen atoms in total. The zero-order valence-corrected chi connectivity index (χ0v) is 20.7. The number of hydrogen-bond donors (Lipinski definition) is 2. The summed E-state index contributed by atoms with van der Waals surface area (Å²) in [4.78, 5) is 8.03. The van der Waals surface area contributed by atoms with Gasteiger partial charge in [-0.15, -0.1) is 0 Å². The second kappa shape index (κ2) is 10.2. The van der Waals surface area contributed by atoms with Crippen LogP contribution in [0.2, 0.25) is 18.1 Å². The van der Waals surface area contributed by atoms with Gasteiger partial charge in [0, 0.05) is 31.2 Å². The molecule has 0 aliphatic carbocycles. The van der Waals surface area contributed by atoms with Gasteiger partial charge >= 0.3 is 0 Å². The summed E-state index contributed by atoms with van der Waals surface area (Å²) in [6, 6.07) is 3.81. The molecule has 0 aliphatic rings. The van der Waals surface area contributed by atoms with Gasteiger partial charge in [-0.25, -0.2) is 4.98 Å². The lowest BCUT2D eigenvalue weighted by Crippen LogP contribution is -2.41. The third-order valence-electron chi connectivity index (χ3n) is 5.64. The van der Waals surface area contributed by atoms with Crippen LogP contribution in [0.1, 0.15) is 38.3 Å². The van der Waals surface area contributed by atoms with Gasteiger partial charge in [-0.1, -0.05) is 20.8 Å². The van der Waals surface area contributed by atoms with E-state index < -0.39 is 8.32 Å². The predicted octanol–water partition coefficient (Wildman–Crippen LogP) is 4.04. The molecule has 0 saturated carbocycles. The van der Waals surface area contributed by atoms with Gasteiger partial charge in [-0.05, 0) is 35.8 Å². The molecule has 4 N–H and O–H groups in total. The molecule has 0 radical (unpaired) electrons. The standard InChI is InChI=1S/C22H36N4O4Si/c1-22(2,3)31(6,7)30-10-8-9-29-19-17(27-4)12-15(13-18(19)28-5)11-16-14-25-21(24)26-20(16)23/h12-14H,8-11H2,1-7H3,(H4,23,24,25,26). The number of methoxy groups -OCH3 is 2. The van der Waals surface area contributed by atoms with Gasteiger partial charge in [0.25, 0.3) is 0 Å². The smallest absolute Gasteiger partial charge is 0.221 e. The third-order valence-corrected chi connectivity index (χ3v) is 10.2. The first-order valence-electron chi connectivity index (χ1n) is 10.4. The topological polar surface area (TPSA) is 115 Å². The quantitative estimate of drug-likeness (QED) is 0.413. The molecule has 2 aromatic rings. The number of aromatic nitrogens is 2. The van der Waals surface area contributed by atoms with E-state index in [4.69, 9.17) is 30.1 Å². The summed E-state index contributed by atoms with van der Waals surface area (Å²) >= 11 is 0. The molecule has 1 heterocycles. The molecule has 0 fully saturated rings. The zero-order chi connectivity index (χ0) is 23.2. The summed E-state index contributed by atoms with van der Waals surface area (Å²) in [7, 11) is 1.45. The van der Waals surface area contributed by atoms with Gasteiger partial charge in [0.1, 0.15) is 5.82 Å². The number of ether oxygens (including phenoxy) is 3. The molecule has 1 aromatic carbocycles. The Morgan fingerprint density at radius 3 is 2.13 bits per heavy atom. The Bertz CT molecular complexity index is 859. The van der Waals surface area contributed by atoms with Crippen molar-refractivity contribution in [1.82, 2.24) is 9.97 Å². The average Bonchev–Trinajstić information content (AvgIpc) is 2.69. The van der Waals surface area contributed by atoms with Crippen LogP contribution in [0.4, 0.5) is 11.8 Å². The summed E-state index contributed by atoms with van der Waals surface area (Å²) in [5, 5.41) is 0.190. The van der Waals surface area contributed by atoms with E-state index in [2.05, 4.69) is 43.8 Å². The molecule has 0 unspecified atom stereocenters. The van der Waals surface area contributed by atoms with Crippen LogP contribution in [-0.4, -0.2) is 45.7 Å². The molecule has 0 aliphatic heterocycles. The van der Waals surface area contributed by atoms with Crippen LogP contribution in [0.5, 0.6) is 17.2 Å². The molecule has 0 saturated heterocycles. The third kappa shape index (κ3) is 6.48. The lowest BCUT2D eigenvalue weighted by molar-refractivity contribution is 0.222. The van der Waals surface area contributed by atoms with Crippen LogP contribution in [-0.2, 0) is 10.8 Å². The SMILES string of the molecule is COc1cc(Cc2cnc(N)nc2N)cc(OC)c1OCCCO[Si](C)(C)C(C)(C)C. The Kier molecular flexibility index (Phi) is 8.13. The van der Waals surface area contributed by atoms with E-state index >= 15 is 0 Å². The van der Waals surface area contributed by atoms with Crippen molar-refractivity contribution in [1.29, 1.82) is 0 Å². The van der Waals surface area contributed by atoms with Crippen LogP contribution >= 0.6 is 0 Å². The fourth-order valence-corrected chi connectivity index (χ4v) is 3.83. The van der Waals surface area contributed by atoms with Crippen molar-refractivity contribution in [2.24, 2.45) is 0 Å². The molecule has 2 rings (SSSR count). The number of anilines is 2. The van der Waals surface area contributed by atoms with Crippen molar-refractivity contribution < 1.29 is 18.6 Å². The number of nitrogens with two attached hydrogens (primary N) is 2. The first-order valence-corrected chi connectivity index (χ1v) is 13.3. The maximum Gasteiger partial charge on any atom is 0.221 e. The molecule has 31 heavy (non-hydrogen) atoms. The summed E-state index contributed by atoms with van der Waals surface area (Å²) < 4.78 is 23.3. The zero-order valence-electron chi connectivity index (χ0n) is 19.7. The fraction of sp³-hybridized carbons (Fsp3) is 0.545. The van der Waals surface area contributed by atoms with Gasteiger partial charge < -0.3 is 30.1 Å². The number of nitrogens with zero attached hydrogens (tertiary/aromatic N) is 2. The lowest BCUT2D eigenvalue weighted by atomic mass is 10.1. The van der Waals surface area contributed by atoms with Crippen LogP contribution in [0.25, 0.3) is 0 Å². The Morgan fingerprint density at radius 2 is 1.61 bits per heavy atom. The first-order chi connectivity index (χ1) is 14.5. The minimum atomic E-state index is -1.76. The van der Waals surface area contributed by atoms with Gasteiger partial charge in [0.15, 0.2) is 19.8 Å². The molecule has 172 valence electrons. The van der Waals surface area contributed by atoms with E-state index in [9.17, 15) is 0 Å². The highest BCUT2D eigenvalue weighted by Gasteiger charge is 2.36. The summed E-state index contributed by atoms with van der Waals surface area (Å²) in [6.07, 6.45) is 2.92. The highest BCUT2D eigenvalue weighted by Crippen LogP contribution is 2.40. The monoisotopic (exact) mass is 448 g/mol. The lowest BCUT2D eigenvalue weighted by Gasteiger charge is -2.36. The number of nitrogen functional groups attached to an aromatic ring is 2. The molecular formula is C22H36N4O4Si. The fourth-order valence-electron chi connectivity index (χ4n) is 2.75. The van der Waals surface area contributed by atoms with Crippen molar-refractivity contribution >= 4 is 20.1 Å². The summed E-state index contributed by atoms with van der Waals surface area (Å²) in [5.41, 5.74) is 13.2. The van der Waals surface area contributed by atoms with E-state index in [-0.39, 0.29) is 11.0 Å². The molecule has 0 bridgehead atoms. The van der Waals surface area contributed by atoms with Gasteiger partial charge in [-0.3, -0.25) is 0 Å². The first kappa shape index (κ1) is 24.7. The average molecular weight is 449 g/mol. The molecule has 0 spiro atoms. The molecular weight excluding hydrogens is 412 g/mol. The maximum absolute atomic E-state index is 6.21. The molecule has 9 heteroatoms. The minimum absolute atomic E-state index is 0.151. The highest BCUT2D eigenvalue weighted by molar-refractivity contribution is 6.74. The van der Waals surface area contributed by atoms with Crippen LogP contribution in [0, 0.1) is 0 Å². The maximum atomic E-state index is 6.21. The number of rotatable bonds is 10.